The number of nitrogens with zero attached hydrogens (tertiary/aromatic N) is 3. The van der Waals surface area contributed by atoms with Crippen LogP contribution in [0.4, 0.5) is 4.79 Å². The number of fused-ring (bicyclic) bond motifs is 1. The van der Waals surface area contributed by atoms with Crippen LogP contribution >= 0.6 is 0 Å². The highest BCUT2D eigenvalue weighted by atomic mass is 16.6. The van der Waals surface area contributed by atoms with Gasteiger partial charge in [0.05, 0.1) is 6.54 Å². The lowest BCUT2D eigenvalue weighted by Crippen LogP contribution is -2.35. The molecule has 0 spiro atoms. The Morgan fingerprint density at radius 3 is 2.83 bits per heavy atom. The molecule has 2 N–H and O–H groups in total. The fourth-order valence-electron chi connectivity index (χ4n) is 2.28. The normalized spacial score (nSPS) is 12.7. The van der Waals surface area contributed by atoms with E-state index in [-0.39, 0.29) is 6.03 Å². The molecule has 1 aliphatic heterocycles. The molecule has 8 nitrogen and oxygen atoms in total. The minimum atomic E-state index is -0.259. The lowest BCUT2D eigenvalue weighted by atomic mass is 10.2. The van der Waals surface area contributed by atoms with Crippen LogP contribution in [0.25, 0.3) is 0 Å². The molecule has 1 aromatic carbocycles. The zero-order valence-electron chi connectivity index (χ0n) is 12.9. The maximum absolute atomic E-state index is 11.9. The number of urea groups is 1. The van der Waals surface area contributed by atoms with E-state index in [0.717, 1.165) is 23.7 Å². The highest BCUT2D eigenvalue weighted by Crippen LogP contribution is 2.30. The molecule has 122 valence electrons. The first-order valence-corrected chi connectivity index (χ1v) is 7.53. The Balaban J connectivity index is 1.49. The molecule has 1 aromatic heterocycles. The topological polar surface area (TPSA) is 90.3 Å². The number of aryl methyl sites for hydroxylation is 1. The van der Waals surface area contributed by atoms with Crippen LogP contribution in [0.2, 0.25) is 0 Å². The first-order chi connectivity index (χ1) is 11.3. The van der Waals surface area contributed by atoms with Crippen molar-refractivity contribution >= 4 is 6.03 Å². The molecule has 2 heterocycles. The third-order valence-electron chi connectivity index (χ3n) is 3.50. The van der Waals surface area contributed by atoms with E-state index in [9.17, 15) is 4.79 Å². The van der Waals surface area contributed by atoms with E-state index in [1.54, 1.807) is 6.33 Å². The first kappa shape index (κ1) is 15.1. The van der Waals surface area contributed by atoms with Gasteiger partial charge in [-0.05, 0) is 24.6 Å². The fourth-order valence-corrected chi connectivity index (χ4v) is 2.28. The maximum atomic E-state index is 11.9. The van der Waals surface area contributed by atoms with Crippen LogP contribution in [0.1, 0.15) is 18.3 Å². The monoisotopic (exact) mass is 317 g/mol. The molecular weight excluding hydrogens is 298 g/mol. The van der Waals surface area contributed by atoms with Crippen molar-refractivity contribution in [1.29, 1.82) is 0 Å². The molecule has 0 saturated carbocycles. The number of amides is 2. The zero-order chi connectivity index (χ0) is 16.1. The quantitative estimate of drug-likeness (QED) is 0.861. The molecule has 0 radical (unpaired) electrons. The number of nitrogens with one attached hydrogen (secondary N) is 2. The number of hydrogen-bond donors (Lipinski definition) is 2. The smallest absolute Gasteiger partial charge is 0.315 e. The van der Waals surface area contributed by atoms with E-state index in [1.165, 1.54) is 0 Å². The molecule has 0 unspecified atom stereocenters. The van der Waals surface area contributed by atoms with Crippen LogP contribution in [0.15, 0.2) is 24.5 Å². The van der Waals surface area contributed by atoms with Gasteiger partial charge < -0.3 is 24.7 Å². The number of rotatable bonds is 5. The molecular formula is C15H19N5O3. The molecule has 3 rings (SSSR count). The van der Waals surface area contributed by atoms with Crippen LogP contribution in [0, 0.1) is 0 Å². The number of ether oxygens (including phenoxy) is 2. The van der Waals surface area contributed by atoms with Crippen LogP contribution in [-0.4, -0.2) is 34.0 Å². The Bertz CT molecular complexity index is 686. The second kappa shape index (κ2) is 6.99. The van der Waals surface area contributed by atoms with E-state index in [1.807, 2.05) is 29.7 Å². The van der Waals surface area contributed by atoms with Crippen molar-refractivity contribution in [2.75, 3.05) is 13.2 Å². The maximum Gasteiger partial charge on any atom is 0.315 e. The van der Waals surface area contributed by atoms with Gasteiger partial charge in [0.1, 0.15) is 19.5 Å². The van der Waals surface area contributed by atoms with Gasteiger partial charge in [-0.3, -0.25) is 0 Å². The highest BCUT2D eigenvalue weighted by molar-refractivity contribution is 5.73. The third-order valence-corrected chi connectivity index (χ3v) is 3.50. The number of carbonyl (C=O) groups excluding carboxylic acids is 1. The second-order valence-electron chi connectivity index (χ2n) is 5.05. The third kappa shape index (κ3) is 3.71. The summed E-state index contributed by atoms with van der Waals surface area (Å²) >= 11 is 0. The molecule has 0 fully saturated rings. The van der Waals surface area contributed by atoms with Crippen LogP contribution in [0.3, 0.4) is 0 Å². The predicted molar refractivity (Wildman–Crippen MR) is 82.2 cm³/mol. The summed E-state index contributed by atoms with van der Waals surface area (Å²) in [6.07, 6.45) is 1.64. The molecule has 0 atom stereocenters. The second-order valence-corrected chi connectivity index (χ2v) is 5.05. The summed E-state index contributed by atoms with van der Waals surface area (Å²) in [5.41, 5.74) is 0.945. The molecule has 8 heteroatoms. The van der Waals surface area contributed by atoms with Crippen molar-refractivity contribution < 1.29 is 14.3 Å². The number of benzene rings is 1. The van der Waals surface area contributed by atoms with Gasteiger partial charge in [0.15, 0.2) is 17.3 Å². The van der Waals surface area contributed by atoms with Crippen LogP contribution < -0.4 is 20.1 Å². The minimum Gasteiger partial charge on any atom is -0.486 e. The van der Waals surface area contributed by atoms with Gasteiger partial charge in [-0.1, -0.05) is 6.07 Å². The van der Waals surface area contributed by atoms with E-state index < -0.39 is 0 Å². The highest BCUT2D eigenvalue weighted by Gasteiger charge is 2.12. The summed E-state index contributed by atoms with van der Waals surface area (Å²) in [5, 5.41) is 13.4. The SMILES string of the molecule is CCn1cnnc1CNC(=O)NCc1ccc2c(c1)OCCO2. The van der Waals surface area contributed by atoms with Crippen molar-refractivity contribution in [3.05, 3.63) is 35.9 Å². The number of carbonyl (C=O) groups is 1. The van der Waals surface area contributed by atoms with E-state index in [0.29, 0.717) is 32.1 Å². The van der Waals surface area contributed by atoms with Crippen molar-refractivity contribution in [3.8, 4) is 11.5 Å². The molecule has 2 amide bonds. The lowest BCUT2D eigenvalue weighted by Gasteiger charge is -2.19. The zero-order valence-corrected chi connectivity index (χ0v) is 12.9. The predicted octanol–water partition coefficient (Wildman–Crippen LogP) is 1.07. The largest absolute Gasteiger partial charge is 0.486 e. The standard InChI is InChI=1S/C15H19N5O3/c1-2-20-10-18-19-14(20)9-17-15(21)16-8-11-3-4-12-13(7-11)23-6-5-22-12/h3-4,7,10H,2,5-6,8-9H2,1H3,(H2,16,17,21). The van der Waals surface area contributed by atoms with Gasteiger partial charge in [0, 0.05) is 13.1 Å². The first-order valence-electron chi connectivity index (χ1n) is 7.53. The number of hydrogen-bond acceptors (Lipinski definition) is 5. The van der Waals surface area contributed by atoms with Crippen molar-refractivity contribution in [2.45, 2.75) is 26.6 Å². The van der Waals surface area contributed by atoms with Crippen LogP contribution in [0.5, 0.6) is 11.5 Å². The molecule has 0 bridgehead atoms. The Morgan fingerprint density at radius 1 is 1.22 bits per heavy atom. The van der Waals surface area contributed by atoms with Crippen molar-refractivity contribution in [1.82, 2.24) is 25.4 Å². The summed E-state index contributed by atoms with van der Waals surface area (Å²) < 4.78 is 12.9. The molecule has 1 aliphatic rings. The summed E-state index contributed by atoms with van der Waals surface area (Å²) in [7, 11) is 0. The lowest BCUT2D eigenvalue weighted by molar-refractivity contribution is 0.171. The molecule has 0 aliphatic carbocycles. The molecule has 23 heavy (non-hydrogen) atoms. The average molecular weight is 317 g/mol. The van der Waals surface area contributed by atoms with Gasteiger partial charge in [-0.15, -0.1) is 10.2 Å². The van der Waals surface area contributed by atoms with Gasteiger partial charge in [0.25, 0.3) is 0 Å². The molecule has 2 aromatic rings. The Morgan fingerprint density at radius 2 is 2.00 bits per heavy atom. The van der Waals surface area contributed by atoms with Gasteiger partial charge >= 0.3 is 6.03 Å². The van der Waals surface area contributed by atoms with E-state index in [2.05, 4.69) is 20.8 Å². The summed E-state index contributed by atoms with van der Waals surface area (Å²) in [4.78, 5) is 11.9. The Labute approximate surface area is 133 Å². The van der Waals surface area contributed by atoms with Crippen molar-refractivity contribution in [3.63, 3.8) is 0 Å². The van der Waals surface area contributed by atoms with Crippen LogP contribution in [-0.2, 0) is 19.6 Å². The average Bonchev–Trinajstić information content (AvgIpc) is 3.05. The Kier molecular flexibility index (Phi) is 4.60. The van der Waals surface area contributed by atoms with Gasteiger partial charge in [-0.2, -0.15) is 0 Å². The summed E-state index contributed by atoms with van der Waals surface area (Å²) in [6, 6.07) is 5.38. The van der Waals surface area contributed by atoms with E-state index >= 15 is 0 Å². The van der Waals surface area contributed by atoms with Gasteiger partial charge in [-0.25, -0.2) is 4.79 Å². The summed E-state index contributed by atoms with van der Waals surface area (Å²) in [6.45, 7) is 4.61. The van der Waals surface area contributed by atoms with E-state index in [4.69, 9.17) is 9.47 Å². The molecule has 0 saturated heterocycles. The van der Waals surface area contributed by atoms with Crippen molar-refractivity contribution in [2.24, 2.45) is 0 Å². The fraction of sp³-hybridized carbons (Fsp3) is 0.400. The minimum absolute atomic E-state index is 0.259. The summed E-state index contributed by atoms with van der Waals surface area (Å²) in [5.74, 6) is 2.18. The Hall–Kier alpha value is -2.77. The van der Waals surface area contributed by atoms with Gasteiger partial charge in [0.2, 0.25) is 0 Å². The number of aromatic nitrogens is 3.